The van der Waals surface area contributed by atoms with Crippen molar-refractivity contribution in [1.29, 1.82) is 0 Å². The average Bonchev–Trinajstić information content (AvgIpc) is 2.54. The van der Waals surface area contributed by atoms with Crippen molar-refractivity contribution in [2.24, 2.45) is 5.92 Å². The number of ether oxygens (including phenoxy) is 1. The average molecular weight is 348 g/mol. The molecular formula is C20H32N2O3. The van der Waals surface area contributed by atoms with Crippen LogP contribution in [0.25, 0.3) is 0 Å². The van der Waals surface area contributed by atoms with E-state index in [1.54, 1.807) is 12.1 Å². The first-order valence-electron chi connectivity index (χ1n) is 8.93. The van der Waals surface area contributed by atoms with Crippen LogP contribution in [0.1, 0.15) is 57.0 Å². The van der Waals surface area contributed by atoms with Crippen LogP contribution in [0.15, 0.2) is 24.3 Å². The third-order valence-corrected chi connectivity index (χ3v) is 3.66. The van der Waals surface area contributed by atoms with Crippen LogP contribution in [0.5, 0.6) is 0 Å². The van der Waals surface area contributed by atoms with Crippen molar-refractivity contribution < 1.29 is 14.3 Å². The van der Waals surface area contributed by atoms with Gasteiger partial charge in [-0.25, -0.2) is 0 Å². The van der Waals surface area contributed by atoms with E-state index < -0.39 is 0 Å². The van der Waals surface area contributed by atoms with Gasteiger partial charge in [-0.1, -0.05) is 46.8 Å². The molecule has 1 aromatic rings. The molecule has 140 valence electrons. The van der Waals surface area contributed by atoms with E-state index in [1.807, 2.05) is 12.1 Å². The highest BCUT2D eigenvalue weighted by Crippen LogP contribution is 2.22. The van der Waals surface area contributed by atoms with E-state index in [9.17, 15) is 9.59 Å². The molecule has 25 heavy (non-hydrogen) atoms. The molecule has 0 fully saturated rings. The maximum absolute atomic E-state index is 12.1. The summed E-state index contributed by atoms with van der Waals surface area (Å²) in [6.07, 6.45) is 0.765. The highest BCUT2D eigenvalue weighted by atomic mass is 16.5. The molecule has 0 saturated heterocycles. The second kappa shape index (κ2) is 10.2. The van der Waals surface area contributed by atoms with Gasteiger partial charge < -0.3 is 15.4 Å². The van der Waals surface area contributed by atoms with Crippen molar-refractivity contribution in [3.63, 3.8) is 0 Å². The fraction of sp³-hybridized carbons (Fsp3) is 0.600. The summed E-state index contributed by atoms with van der Waals surface area (Å²) >= 11 is 0. The number of nitrogens with one attached hydrogen (secondary N) is 2. The summed E-state index contributed by atoms with van der Waals surface area (Å²) in [6.45, 7) is 12.5. The molecule has 0 aliphatic rings. The minimum absolute atomic E-state index is 0.0211. The third-order valence-electron chi connectivity index (χ3n) is 3.66. The molecule has 2 amide bonds. The SMILES string of the molecule is CC(C)COCCCNC(=O)CNC(=O)c1ccc(C(C)(C)C)cc1. The normalized spacial score (nSPS) is 11.4. The summed E-state index contributed by atoms with van der Waals surface area (Å²) in [6, 6.07) is 7.48. The molecule has 5 nitrogen and oxygen atoms in total. The summed E-state index contributed by atoms with van der Waals surface area (Å²) in [4.78, 5) is 23.8. The number of hydrogen-bond acceptors (Lipinski definition) is 3. The molecule has 0 heterocycles. The van der Waals surface area contributed by atoms with Gasteiger partial charge in [0.1, 0.15) is 0 Å². The molecule has 2 N–H and O–H groups in total. The van der Waals surface area contributed by atoms with Gasteiger partial charge in [-0.05, 0) is 35.4 Å². The van der Waals surface area contributed by atoms with Gasteiger partial charge in [0, 0.05) is 25.3 Å². The van der Waals surface area contributed by atoms with E-state index in [4.69, 9.17) is 4.74 Å². The van der Waals surface area contributed by atoms with Crippen LogP contribution in [0.3, 0.4) is 0 Å². The van der Waals surface area contributed by atoms with Gasteiger partial charge in [0.2, 0.25) is 5.91 Å². The Balaban J connectivity index is 2.26. The van der Waals surface area contributed by atoms with Crippen molar-refractivity contribution in [2.75, 3.05) is 26.3 Å². The summed E-state index contributed by atoms with van der Waals surface area (Å²) < 4.78 is 5.45. The maximum atomic E-state index is 12.1. The Morgan fingerprint density at radius 1 is 1.08 bits per heavy atom. The van der Waals surface area contributed by atoms with Crippen LogP contribution in [0, 0.1) is 5.92 Å². The summed E-state index contributed by atoms with van der Waals surface area (Å²) in [7, 11) is 0. The lowest BCUT2D eigenvalue weighted by molar-refractivity contribution is -0.120. The molecule has 1 aromatic carbocycles. The lowest BCUT2D eigenvalue weighted by Gasteiger charge is -2.19. The fourth-order valence-electron chi connectivity index (χ4n) is 2.17. The summed E-state index contributed by atoms with van der Waals surface area (Å²) in [5.74, 6) is 0.0849. The minimum Gasteiger partial charge on any atom is -0.381 e. The van der Waals surface area contributed by atoms with E-state index >= 15 is 0 Å². The standard InChI is InChI=1S/C20H32N2O3/c1-15(2)14-25-12-6-11-21-18(23)13-22-19(24)16-7-9-17(10-8-16)20(3,4)5/h7-10,15H,6,11-14H2,1-5H3,(H,21,23)(H,22,24). The van der Waals surface area contributed by atoms with Crippen molar-refractivity contribution >= 4 is 11.8 Å². The van der Waals surface area contributed by atoms with Crippen LogP contribution in [-0.4, -0.2) is 38.1 Å². The van der Waals surface area contributed by atoms with Crippen LogP contribution in [0.4, 0.5) is 0 Å². The zero-order valence-corrected chi connectivity index (χ0v) is 16.1. The number of carbonyl (C=O) groups excluding carboxylic acids is 2. The largest absolute Gasteiger partial charge is 0.381 e. The van der Waals surface area contributed by atoms with Crippen molar-refractivity contribution in [2.45, 2.75) is 46.5 Å². The molecule has 0 radical (unpaired) electrons. The number of carbonyl (C=O) groups is 2. The zero-order chi connectivity index (χ0) is 18.9. The van der Waals surface area contributed by atoms with E-state index in [2.05, 4.69) is 45.3 Å². The van der Waals surface area contributed by atoms with E-state index in [1.165, 1.54) is 5.56 Å². The highest BCUT2D eigenvalue weighted by molar-refractivity contribution is 5.96. The highest BCUT2D eigenvalue weighted by Gasteiger charge is 2.14. The van der Waals surface area contributed by atoms with Crippen molar-refractivity contribution in [1.82, 2.24) is 10.6 Å². The Labute approximate surface area is 151 Å². The molecule has 5 heteroatoms. The summed E-state index contributed by atoms with van der Waals surface area (Å²) in [5, 5.41) is 5.41. The number of rotatable bonds is 9. The molecular weight excluding hydrogens is 316 g/mol. The number of hydrogen-bond donors (Lipinski definition) is 2. The summed E-state index contributed by atoms with van der Waals surface area (Å²) in [5.41, 5.74) is 1.78. The Bertz CT molecular complexity index is 545. The number of benzene rings is 1. The maximum Gasteiger partial charge on any atom is 0.251 e. The lowest BCUT2D eigenvalue weighted by Crippen LogP contribution is -2.37. The Hall–Kier alpha value is -1.88. The second-order valence-corrected chi connectivity index (χ2v) is 7.68. The van der Waals surface area contributed by atoms with E-state index in [0.717, 1.165) is 13.0 Å². The Morgan fingerprint density at radius 3 is 2.28 bits per heavy atom. The van der Waals surface area contributed by atoms with Gasteiger partial charge in [0.25, 0.3) is 5.91 Å². The molecule has 0 aromatic heterocycles. The molecule has 0 aliphatic carbocycles. The third kappa shape index (κ3) is 8.68. The lowest BCUT2D eigenvalue weighted by atomic mass is 9.87. The van der Waals surface area contributed by atoms with Crippen molar-refractivity contribution in [3.05, 3.63) is 35.4 Å². The van der Waals surface area contributed by atoms with E-state index in [-0.39, 0.29) is 23.8 Å². The molecule has 0 bridgehead atoms. The predicted octanol–water partition coefficient (Wildman–Crippen LogP) is 2.89. The molecule has 0 aliphatic heterocycles. The first-order chi connectivity index (χ1) is 11.7. The minimum atomic E-state index is -0.240. The van der Waals surface area contributed by atoms with Gasteiger partial charge in [-0.2, -0.15) is 0 Å². The Kier molecular flexibility index (Phi) is 8.62. The first kappa shape index (κ1) is 21.2. The van der Waals surface area contributed by atoms with Crippen molar-refractivity contribution in [3.8, 4) is 0 Å². The number of amides is 2. The second-order valence-electron chi connectivity index (χ2n) is 7.68. The smallest absolute Gasteiger partial charge is 0.251 e. The van der Waals surface area contributed by atoms with Crippen LogP contribution < -0.4 is 10.6 Å². The van der Waals surface area contributed by atoms with Gasteiger partial charge in [-0.3, -0.25) is 9.59 Å². The zero-order valence-electron chi connectivity index (χ0n) is 16.1. The fourth-order valence-corrected chi connectivity index (χ4v) is 2.17. The molecule has 0 saturated carbocycles. The molecule has 0 atom stereocenters. The first-order valence-corrected chi connectivity index (χ1v) is 8.93. The molecule has 1 rings (SSSR count). The van der Waals surface area contributed by atoms with Crippen LogP contribution in [-0.2, 0) is 14.9 Å². The quantitative estimate of drug-likeness (QED) is 0.674. The Morgan fingerprint density at radius 2 is 1.72 bits per heavy atom. The predicted molar refractivity (Wildman–Crippen MR) is 101 cm³/mol. The monoisotopic (exact) mass is 348 g/mol. The van der Waals surface area contributed by atoms with Gasteiger partial charge in [0.05, 0.1) is 6.54 Å². The van der Waals surface area contributed by atoms with Crippen LogP contribution >= 0.6 is 0 Å². The topological polar surface area (TPSA) is 67.4 Å². The van der Waals surface area contributed by atoms with E-state index in [0.29, 0.717) is 24.6 Å². The van der Waals surface area contributed by atoms with Gasteiger partial charge in [-0.15, -0.1) is 0 Å². The molecule has 0 spiro atoms. The van der Waals surface area contributed by atoms with Gasteiger partial charge >= 0.3 is 0 Å². The van der Waals surface area contributed by atoms with Crippen LogP contribution in [0.2, 0.25) is 0 Å². The van der Waals surface area contributed by atoms with Gasteiger partial charge in [0.15, 0.2) is 0 Å². The molecule has 0 unspecified atom stereocenters.